The second-order valence-electron chi connectivity index (χ2n) is 8.62. The highest BCUT2D eigenvalue weighted by molar-refractivity contribution is 7.38. The van der Waals surface area contributed by atoms with Gasteiger partial charge in [-0.25, -0.2) is 0 Å². The molecule has 3 nitrogen and oxygen atoms in total. The van der Waals surface area contributed by atoms with E-state index in [0.29, 0.717) is 4.48 Å². The van der Waals surface area contributed by atoms with Crippen LogP contribution < -0.4 is 4.89 Å². The molecule has 0 saturated carbocycles. The van der Waals surface area contributed by atoms with E-state index in [1.165, 1.54) is 38.5 Å². The normalized spacial score (nSPS) is 15.6. The third-order valence-corrected chi connectivity index (χ3v) is 7.21. The van der Waals surface area contributed by atoms with Crippen molar-refractivity contribution >= 4 is 8.03 Å². The summed E-state index contributed by atoms with van der Waals surface area (Å²) in [5.74, 6) is 0. The molecule has 0 aromatic rings. The Morgan fingerprint density at radius 1 is 0.741 bits per heavy atom. The van der Waals surface area contributed by atoms with Gasteiger partial charge in [0.05, 0.1) is 21.1 Å². The van der Waals surface area contributed by atoms with Crippen molar-refractivity contribution in [3.8, 4) is 0 Å². The van der Waals surface area contributed by atoms with E-state index in [4.69, 9.17) is 0 Å². The third-order valence-electron chi connectivity index (χ3n) is 5.49. The zero-order valence-electron chi connectivity index (χ0n) is 18.7. The molecule has 0 saturated heterocycles. The van der Waals surface area contributed by atoms with E-state index >= 15 is 0 Å². The van der Waals surface area contributed by atoms with Gasteiger partial charge >= 0.3 is 8.03 Å². The molecule has 0 rings (SSSR count). The molecule has 0 aliphatic heterocycles. The lowest BCUT2D eigenvalue weighted by Crippen LogP contribution is -2.55. The minimum absolute atomic E-state index is 0.502. The van der Waals surface area contributed by atoms with Crippen molar-refractivity contribution in [2.24, 2.45) is 0 Å². The Bertz CT molecular complexity index is 440. The van der Waals surface area contributed by atoms with E-state index < -0.39 is 13.3 Å². The van der Waals surface area contributed by atoms with Crippen LogP contribution in [0.4, 0.5) is 0 Å². The van der Waals surface area contributed by atoms with E-state index in [-0.39, 0.29) is 0 Å². The zero-order valence-corrected chi connectivity index (χ0v) is 19.6. The molecule has 0 aromatic carbocycles. The van der Waals surface area contributed by atoms with Gasteiger partial charge in [-0.1, -0.05) is 55.6 Å². The van der Waals surface area contributed by atoms with Gasteiger partial charge < -0.3 is 4.89 Å². The fraction of sp³-hybridized carbons (Fsp3) is 0.826. The van der Waals surface area contributed by atoms with Crippen LogP contribution in [0.15, 0.2) is 24.3 Å². The van der Waals surface area contributed by atoms with Gasteiger partial charge in [-0.05, 0) is 57.8 Å². The van der Waals surface area contributed by atoms with Crippen LogP contribution >= 0.6 is 8.03 Å². The number of nitrogens with zero attached hydrogens (tertiary/aromatic N) is 1. The Kier molecular flexibility index (Phi) is 15.1. The van der Waals surface area contributed by atoms with Crippen molar-refractivity contribution in [1.29, 1.82) is 0 Å². The summed E-state index contributed by atoms with van der Waals surface area (Å²) >= 11 is 0. The molecule has 2 unspecified atom stereocenters. The lowest BCUT2D eigenvalue weighted by molar-refractivity contribution is -0.910. The van der Waals surface area contributed by atoms with Crippen LogP contribution in [0.2, 0.25) is 0 Å². The van der Waals surface area contributed by atoms with E-state index in [2.05, 4.69) is 38.2 Å². The Hall–Kier alpha value is -0.500. The summed E-state index contributed by atoms with van der Waals surface area (Å²) in [5, 5.41) is -0.613. The summed E-state index contributed by atoms with van der Waals surface area (Å²) in [7, 11) is 3.61. The number of allylic oxidation sites excluding steroid dienone is 4. The Balaban J connectivity index is 3.97. The molecule has 0 spiro atoms. The van der Waals surface area contributed by atoms with Crippen molar-refractivity contribution in [2.45, 2.75) is 103 Å². The first kappa shape index (κ1) is 26.5. The maximum absolute atomic E-state index is 12.0. The average molecular weight is 399 g/mol. The molecule has 0 aliphatic carbocycles. The predicted octanol–water partition coefficient (Wildman–Crippen LogP) is 6.72. The predicted molar refractivity (Wildman–Crippen MR) is 118 cm³/mol. The highest BCUT2D eigenvalue weighted by Crippen LogP contribution is 2.45. The largest absolute Gasteiger partial charge is 0.590 e. The van der Waals surface area contributed by atoms with Crippen molar-refractivity contribution in [1.82, 2.24) is 0 Å². The molecule has 0 heterocycles. The molecule has 0 aliphatic rings. The van der Waals surface area contributed by atoms with Gasteiger partial charge in [0.15, 0.2) is 0 Å². The second-order valence-corrected chi connectivity index (χ2v) is 9.96. The number of quaternary nitrogens is 1. The molecule has 4 heteroatoms. The van der Waals surface area contributed by atoms with Gasteiger partial charge in [-0.15, -0.1) is 0 Å². The van der Waals surface area contributed by atoms with Gasteiger partial charge in [0.2, 0.25) is 0 Å². The standard InChI is InChI=1S/C23H45NO2P/c1-6-8-9-10-11-12-13-14-15-16-17-18-19-20-22-23(21-7-2,27(25)26)24(3,4)5/h10-11,16-17H,6-9,12-15,18-22H2,1-5H3/q+1/b11-10-,17-16-. The Morgan fingerprint density at radius 2 is 1.19 bits per heavy atom. The third kappa shape index (κ3) is 11.2. The van der Waals surface area contributed by atoms with E-state index in [1.807, 2.05) is 21.1 Å². The molecule has 0 aromatic heterocycles. The summed E-state index contributed by atoms with van der Waals surface area (Å²) in [6.07, 6.45) is 23.5. The van der Waals surface area contributed by atoms with Gasteiger partial charge in [0.25, 0.3) is 5.28 Å². The fourth-order valence-corrected chi connectivity index (χ4v) is 4.85. The molecule has 158 valence electrons. The number of hydrogen-bond donors (Lipinski definition) is 0. The molecular formula is C23H45NO2P+. The van der Waals surface area contributed by atoms with Crippen LogP contribution in [0.3, 0.4) is 0 Å². The Labute approximate surface area is 170 Å². The lowest BCUT2D eigenvalue weighted by atomic mass is 10.00. The van der Waals surface area contributed by atoms with Gasteiger partial charge in [-0.2, -0.15) is 0 Å². The minimum Gasteiger partial charge on any atom is -0.590 e. The Morgan fingerprint density at radius 3 is 1.56 bits per heavy atom. The van der Waals surface area contributed by atoms with Crippen LogP contribution in [0.1, 0.15) is 97.3 Å². The summed E-state index contributed by atoms with van der Waals surface area (Å²) in [6.45, 7) is 4.31. The lowest BCUT2D eigenvalue weighted by Gasteiger charge is -2.39. The first-order valence-corrected chi connectivity index (χ1v) is 12.3. The molecule has 0 N–H and O–H groups in total. The van der Waals surface area contributed by atoms with Crippen LogP contribution in [-0.4, -0.2) is 30.9 Å². The van der Waals surface area contributed by atoms with Gasteiger partial charge in [0, 0.05) is 12.8 Å². The summed E-state index contributed by atoms with van der Waals surface area (Å²) in [6, 6.07) is 0. The van der Waals surface area contributed by atoms with Gasteiger partial charge in [-0.3, -0.25) is 4.48 Å². The highest BCUT2D eigenvalue weighted by atomic mass is 31.1. The molecular weight excluding hydrogens is 353 g/mol. The summed E-state index contributed by atoms with van der Waals surface area (Å²) in [4.78, 5) is 12.0. The molecule has 0 amide bonds. The molecule has 0 fully saturated rings. The average Bonchev–Trinajstić information content (AvgIpc) is 2.59. The van der Waals surface area contributed by atoms with Crippen molar-refractivity contribution in [2.75, 3.05) is 21.1 Å². The minimum atomic E-state index is -2.44. The second kappa shape index (κ2) is 15.4. The quantitative estimate of drug-likeness (QED) is 0.118. The molecule has 0 bridgehead atoms. The summed E-state index contributed by atoms with van der Waals surface area (Å²) < 4.78 is 12.5. The SMILES string of the molecule is CCCC/C=C\CCCC/C=C\CCCCC(CCC)([P+](=O)[O-])[N+](C)(C)C. The fourth-order valence-electron chi connectivity index (χ4n) is 3.61. The first-order valence-electron chi connectivity index (χ1n) is 11.1. The van der Waals surface area contributed by atoms with Crippen molar-refractivity contribution < 1.29 is 13.9 Å². The summed E-state index contributed by atoms with van der Waals surface area (Å²) in [5.41, 5.74) is 0. The number of rotatable bonds is 17. The van der Waals surface area contributed by atoms with E-state index in [1.54, 1.807) is 0 Å². The topological polar surface area (TPSA) is 40.1 Å². The molecule has 2 atom stereocenters. The van der Waals surface area contributed by atoms with Crippen LogP contribution in [0.5, 0.6) is 0 Å². The van der Waals surface area contributed by atoms with Gasteiger partial charge in [0.1, 0.15) is 0 Å². The molecule has 27 heavy (non-hydrogen) atoms. The van der Waals surface area contributed by atoms with Crippen LogP contribution in [0.25, 0.3) is 0 Å². The van der Waals surface area contributed by atoms with Crippen molar-refractivity contribution in [3.63, 3.8) is 0 Å². The number of hydrogen-bond acceptors (Lipinski definition) is 2. The smallest absolute Gasteiger partial charge is 0.376 e. The number of unbranched alkanes of at least 4 members (excludes halogenated alkanes) is 7. The van der Waals surface area contributed by atoms with Crippen molar-refractivity contribution in [3.05, 3.63) is 24.3 Å². The maximum atomic E-state index is 12.0. The van der Waals surface area contributed by atoms with Crippen LogP contribution in [0, 0.1) is 0 Å². The zero-order chi connectivity index (χ0) is 20.6. The maximum Gasteiger partial charge on any atom is 0.376 e. The molecule has 0 radical (unpaired) electrons. The van der Waals surface area contributed by atoms with E-state index in [9.17, 15) is 9.46 Å². The monoisotopic (exact) mass is 398 g/mol. The van der Waals surface area contributed by atoms with Crippen LogP contribution in [-0.2, 0) is 4.57 Å². The highest BCUT2D eigenvalue weighted by Gasteiger charge is 2.53. The van der Waals surface area contributed by atoms with E-state index in [0.717, 1.165) is 44.9 Å². The first-order chi connectivity index (χ1) is 12.8.